The van der Waals surface area contributed by atoms with E-state index in [0.717, 1.165) is 23.1 Å². The molecule has 0 atom stereocenters. The van der Waals surface area contributed by atoms with Crippen LogP contribution in [0.4, 0.5) is 8.78 Å². The molecule has 142 valence electrons. The molecule has 0 radical (unpaired) electrons. The van der Waals surface area contributed by atoms with Gasteiger partial charge in [0, 0.05) is 37.5 Å². The molecule has 4 rings (SSSR count). The van der Waals surface area contributed by atoms with Crippen LogP contribution in [-0.2, 0) is 13.1 Å². The molecule has 1 amide bonds. The highest BCUT2D eigenvalue weighted by molar-refractivity contribution is 5.93. The average molecular weight is 374 g/mol. The molecule has 0 bridgehead atoms. The van der Waals surface area contributed by atoms with Crippen LogP contribution < -0.4 is 0 Å². The maximum atomic E-state index is 13.5. The SMILES string of the molecule is CCn1nccc1CN(C)C(=O)c1cc2nc(C3CC3)cc(C(F)F)n2n1. The minimum Gasteiger partial charge on any atom is -0.334 e. The fourth-order valence-electron chi connectivity index (χ4n) is 3.16. The molecule has 1 fully saturated rings. The highest BCUT2D eigenvalue weighted by Gasteiger charge is 2.28. The fraction of sp³-hybridized carbons (Fsp3) is 0.444. The number of alkyl halides is 2. The summed E-state index contributed by atoms with van der Waals surface area (Å²) in [6.07, 6.45) is 0.909. The summed E-state index contributed by atoms with van der Waals surface area (Å²) in [6, 6.07) is 4.73. The number of amides is 1. The van der Waals surface area contributed by atoms with E-state index in [1.165, 1.54) is 17.0 Å². The summed E-state index contributed by atoms with van der Waals surface area (Å²) in [4.78, 5) is 18.7. The molecule has 3 heterocycles. The Morgan fingerprint density at radius 3 is 2.81 bits per heavy atom. The third-order valence-electron chi connectivity index (χ3n) is 4.76. The molecule has 0 N–H and O–H groups in total. The first-order valence-electron chi connectivity index (χ1n) is 8.92. The molecule has 0 spiro atoms. The summed E-state index contributed by atoms with van der Waals surface area (Å²) in [5, 5.41) is 8.29. The molecular weight excluding hydrogens is 354 g/mol. The zero-order valence-corrected chi connectivity index (χ0v) is 15.1. The van der Waals surface area contributed by atoms with Crippen molar-refractivity contribution in [3.8, 4) is 0 Å². The van der Waals surface area contributed by atoms with E-state index in [0.29, 0.717) is 18.8 Å². The first-order chi connectivity index (χ1) is 13.0. The minimum absolute atomic E-state index is 0.0995. The van der Waals surface area contributed by atoms with Crippen LogP contribution >= 0.6 is 0 Å². The molecule has 0 saturated heterocycles. The first kappa shape index (κ1) is 17.6. The Hall–Kier alpha value is -2.84. The van der Waals surface area contributed by atoms with E-state index in [2.05, 4.69) is 15.2 Å². The molecule has 0 aliphatic heterocycles. The first-order valence-corrected chi connectivity index (χ1v) is 8.92. The zero-order valence-electron chi connectivity index (χ0n) is 15.1. The van der Waals surface area contributed by atoms with Crippen molar-refractivity contribution in [3.63, 3.8) is 0 Å². The second-order valence-electron chi connectivity index (χ2n) is 6.78. The normalized spacial score (nSPS) is 14.3. The summed E-state index contributed by atoms with van der Waals surface area (Å²) in [6.45, 7) is 3.02. The van der Waals surface area contributed by atoms with Crippen LogP contribution in [0.1, 0.15) is 59.7 Å². The third-order valence-corrected chi connectivity index (χ3v) is 4.76. The topological polar surface area (TPSA) is 68.3 Å². The predicted molar refractivity (Wildman–Crippen MR) is 93.6 cm³/mol. The Morgan fingerprint density at radius 2 is 2.15 bits per heavy atom. The van der Waals surface area contributed by atoms with Gasteiger partial charge in [-0.1, -0.05) is 0 Å². The van der Waals surface area contributed by atoms with Crippen molar-refractivity contribution >= 4 is 11.6 Å². The molecule has 3 aromatic rings. The van der Waals surface area contributed by atoms with Gasteiger partial charge in [0.25, 0.3) is 12.3 Å². The van der Waals surface area contributed by atoms with Crippen molar-refractivity contribution in [2.75, 3.05) is 7.05 Å². The second kappa shape index (κ2) is 6.71. The summed E-state index contributed by atoms with van der Waals surface area (Å²) in [5.74, 6) is -0.115. The van der Waals surface area contributed by atoms with Gasteiger partial charge in [0.2, 0.25) is 0 Å². The van der Waals surface area contributed by atoms with Crippen LogP contribution in [0.5, 0.6) is 0 Å². The maximum absolute atomic E-state index is 13.5. The van der Waals surface area contributed by atoms with E-state index in [1.807, 2.05) is 13.0 Å². The summed E-state index contributed by atoms with van der Waals surface area (Å²) in [5.41, 5.74) is 1.69. The van der Waals surface area contributed by atoms with E-state index in [4.69, 9.17) is 0 Å². The quantitative estimate of drug-likeness (QED) is 0.665. The molecule has 1 saturated carbocycles. The Balaban J connectivity index is 1.64. The Bertz CT molecular complexity index is 991. The van der Waals surface area contributed by atoms with E-state index in [9.17, 15) is 13.6 Å². The molecule has 1 aliphatic carbocycles. The standard InChI is InChI=1S/C18H20F2N6O/c1-3-25-12(6-7-21-25)10-24(2)18(27)14-9-16-22-13(11-4-5-11)8-15(17(19)20)26(16)23-14/h6-9,11,17H,3-5,10H2,1-2H3. The van der Waals surface area contributed by atoms with Crippen molar-refractivity contribution < 1.29 is 13.6 Å². The number of carbonyl (C=O) groups is 1. The van der Waals surface area contributed by atoms with Gasteiger partial charge in [-0.05, 0) is 31.9 Å². The smallest absolute Gasteiger partial charge is 0.280 e. The van der Waals surface area contributed by atoms with E-state index < -0.39 is 6.43 Å². The number of carbonyl (C=O) groups excluding carboxylic acids is 1. The van der Waals surface area contributed by atoms with Crippen molar-refractivity contribution in [3.05, 3.63) is 47.2 Å². The van der Waals surface area contributed by atoms with Crippen molar-refractivity contribution in [1.29, 1.82) is 0 Å². The third kappa shape index (κ3) is 3.29. The second-order valence-corrected chi connectivity index (χ2v) is 6.78. The van der Waals surface area contributed by atoms with Gasteiger partial charge in [0.1, 0.15) is 5.69 Å². The van der Waals surface area contributed by atoms with Crippen molar-refractivity contribution in [2.24, 2.45) is 0 Å². The van der Waals surface area contributed by atoms with Gasteiger partial charge in [-0.3, -0.25) is 9.48 Å². The Morgan fingerprint density at radius 1 is 1.37 bits per heavy atom. The van der Waals surface area contributed by atoms with Crippen LogP contribution in [0.15, 0.2) is 24.4 Å². The summed E-state index contributed by atoms with van der Waals surface area (Å²) in [7, 11) is 1.65. The number of aryl methyl sites for hydroxylation is 1. The van der Waals surface area contributed by atoms with Gasteiger partial charge in [-0.15, -0.1) is 0 Å². The number of hydrogen-bond donors (Lipinski definition) is 0. The van der Waals surface area contributed by atoms with Crippen molar-refractivity contribution in [2.45, 2.75) is 45.2 Å². The monoisotopic (exact) mass is 374 g/mol. The molecule has 27 heavy (non-hydrogen) atoms. The van der Waals surface area contributed by atoms with Gasteiger partial charge < -0.3 is 4.90 Å². The zero-order chi connectivity index (χ0) is 19.1. The Labute approximate surface area is 154 Å². The van der Waals surface area contributed by atoms with E-state index in [1.54, 1.807) is 17.9 Å². The van der Waals surface area contributed by atoms with E-state index >= 15 is 0 Å². The molecule has 0 aromatic carbocycles. The minimum atomic E-state index is -2.69. The number of hydrogen-bond acceptors (Lipinski definition) is 4. The Kier molecular flexibility index (Phi) is 4.37. The largest absolute Gasteiger partial charge is 0.334 e. The number of halogens is 2. The van der Waals surface area contributed by atoms with Gasteiger partial charge in [0.15, 0.2) is 11.3 Å². The highest BCUT2D eigenvalue weighted by atomic mass is 19.3. The van der Waals surface area contributed by atoms with Crippen molar-refractivity contribution in [1.82, 2.24) is 29.3 Å². The van der Waals surface area contributed by atoms with Crippen LogP contribution in [0.3, 0.4) is 0 Å². The predicted octanol–water partition coefficient (Wildman–Crippen LogP) is 3.03. The van der Waals surface area contributed by atoms with Gasteiger partial charge in [-0.25, -0.2) is 18.3 Å². The summed E-state index contributed by atoms with van der Waals surface area (Å²) < 4.78 is 29.8. The lowest BCUT2D eigenvalue weighted by Crippen LogP contribution is -2.27. The lowest BCUT2D eigenvalue weighted by molar-refractivity contribution is 0.0774. The number of aromatic nitrogens is 5. The molecular formula is C18H20F2N6O. The summed E-state index contributed by atoms with van der Waals surface area (Å²) >= 11 is 0. The maximum Gasteiger partial charge on any atom is 0.280 e. The lowest BCUT2D eigenvalue weighted by atomic mass is 10.2. The number of fused-ring (bicyclic) bond motifs is 1. The highest BCUT2D eigenvalue weighted by Crippen LogP contribution is 2.40. The lowest BCUT2D eigenvalue weighted by Gasteiger charge is -2.16. The fourth-order valence-corrected chi connectivity index (χ4v) is 3.16. The van der Waals surface area contributed by atoms with Gasteiger partial charge >= 0.3 is 0 Å². The number of nitrogens with zero attached hydrogens (tertiary/aromatic N) is 6. The molecule has 1 aliphatic rings. The molecule has 9 heteroatoms. The molecule has 7 nitrogen and oxygen atoms in total. The average Bonchev–Trinajstić information content (AvgIpc) is 3.26. The van der Waals surface area contributed by atoms with Gasteiger partial charge in [-0.2, -0.15) is 10.2 Å². The van der Waals surface area contributed by atoms with Gasteiger partial charge in [0.05, 0.1) is 12.2 Å². The molecule has 0 unspecified atom stereocenters. The van der Waals surface area contributed by atoms with Crippen LogP contribution in [0, 0.1) is 0 Å². The van der Waals surface area contributed by atoms with Crippen LogP contribution in [0.2, 0.25) is 0 Å². The van der Waals surface area contributed by atoms with Crippen LogP contribution in [-0.4, -0.2) is 42.2 Å². The van der Waals surface area contributed by atoms with E-state index in [-0.39, 0.29) is 28.9 Å². The van der Waals surface area contributed by atoms with Crippen LogP contribution in [0.25, 0.3) is 5.65 Å². The molecule has 3 aromatic heterocycles. The number of rotatable bonds is 6.